The molecule has 1 nitrogen and oxygen atoms in total. The van der Waals surface area contributed by atoms with E-state index in [1.807, 2.05) is 18.7 Å². The highest BCUT2D eigenvalue weighted by Gasteiger charge is 2.23. The lowest BCUT2D eigenvalue weighted by Gasteiger charge is -2.10. The van der Waals surface area contributed by atoms with Crippen molar-refractivity contribution in [2.75, 3.05) is 6.61 Å². The van der Waals surface area contributed by atoms with E-state index >= 15 is 0 Å². The van der Waals surface area contributed by atoms with Crippen molar-refractivity contribution in [1.29, 1.82) is 0 Å². The van der Waals surface area contributed by atoms with Crippen LogP contribution in [0.3, 0.4) is 0 Å². The molecule has 0 N–H and O–H groups in total. The Kier molecular flexibility index (Phi) is 3.85. The summed E-state index contributed by atoms with van der Waals surface area (Å²) in [4.78, 5) is 1.40. The fourth-order valence-electron chi connectivity index (χ4n) is 2.35. The Bertz CT molecular complexity index is 580. The van der Waals surface area contributed by atoms with Gasteiger partial charge in [0, 0.05) is 14.6 Å². The Morgan fingerprint density at radius 2 is 2.00 bits per heavy atom. The first-order chi connectivity index (χ1) is 9.26. The molecule has 0 spiro atoms. The summed E-state index contributed by atoms with van der Waals surface area (Å²) in [6, 6.07) is 15.1. The Morgan fingerprint density at radius 1 is 1.21 bits per heavy atom. The minimum Gasteiger partial charge on any atom is -0.494 e. The van der Waals surface area contributed by atoms with Crippen LogP contribution in [0.25, 0.3) is 0 Å². The Labute approximate surface area is 126 Å². The standard InChI is InChI=1S/C16H15BrOS/c1-2-18-14-6-3-11(4-7-14)16-10-12-9-13(17)5-8-15(12)19-16/h3-9,16H,2,10H2,1H3. The highest BCUT2D eigenvalue weighted by molar-refractivity contribution is 9.10. The van der Waals surface area contributed by atoms with Crippen LogP contribution >= 0.6 is 27.7 Å². The minimum atomic E-state index is 0.528. The summed E-state index contributed by atoms with van der Waals surface area (Å²) < 4.78 is 6.65. The third-order valence-corrected chi connectivity index (χ3v) is 5.13. The zero-order chi connectivity index (χ0) is 13.2. The lowest BCUT2D eigenvalue weighted by molar-refractivity contribution is 0.340. The van der Waals surface area contributed by atoms with Gasteiger partial charge >= 0.3 is 0 Å². The van der Waals surface area contributed by atoms with Crippen molar-refractivity contribution in [2.24, 2.45) is 0 Å². The number of ether oxygens (including phenoxy) is 1. The molecule has 1 unspecified atom stereocenters. The van der Waals surface area contributed by atoms with Gasteiger partial charge in [0.1, 0.15) is 5.75 Å². The van der Waals surface area contributed by atoms with Crippen LogP contribution in [0.1, 0.15) is 23.3 Å². The van der Waals surface area contributed by atoms with Crippen LogP contribution in [0.2, 0.25) is 0 Å². The van der Waals surface area contributed by atoms with E-state index in [4.69, 9.17) is 4.74 Å². The zero-order valence-corrected chi connectivity index (χ0v) is 13.1. The first-order valence-electron chi connectivity index (χ1n) is 6.44. The molecule has 1 atom stereocenters. The minimum absolute atomic E-state index is 0.528. The van der Waals surface area contributed by atoms with Crippen LogP contribution < -0.4 is 4.74 Å². The molecular weight excluding hydrogens is 320 g/mol. The van der Waals surface area contributed by atoms with Gasteiger partial charge in [-0.2, -0.15) is 0 Å². The summed E-state index contributed by atoms with van der Waals surface area (Å²) in [5.74, 6) is 0.953. The number of fused-ring (bicyclic) bond motifs is 1. The number of halogens is 1. The molecule has 1 aliphatic rings. The van der Waals surface area contributed by atoms with E-state index in [0.29, 0.717) is 5.25 Å². The lowest BCUT2D eigenvalue weighted by Crippen LogP contribution is -1.94. The van der Waals surface area contributed by atoms with Crippen LogP contribution in [0, 0.1) is 0 Å². The maximum absolute atomic E-state index is 5.49. The Hall–Kier alpha value is -0.930. The van der Waals surface area contributed by atoms with Crippen molar-refractivity contribution in [3.05, 3.63) is 58.1 Å². The molecule has 98 valence electrons. The van der Waals surface area contributed by atoms with Crippen molar-refractivity contribution < 1.29 is 4.74 Å². The van der Waals surface area contributed by atoms with E-state index in [0.717, 1.165) is 18.8 Å². The van der Waals surface area contributed by atoms with Crippen LogP contribution in [-0.2, 0) is 6.42 Å². The molecular formula is C16H15BrOS. The van der Waals surface area contributed by atoms with Crippen LogP contribution in [0.4, 0.5) is 0 Å². The molecule has 0 radical (unpaired) electrons. The number of benzene rings is 2. The van der Waals surface area contributed by atoms with E-state index in [2.05, 4.69) is 58.4 Å². The number of hydrogen-bond acceptors (Lipinski definition) is 2. The fraction of sp³-hybridized carbons (Fsp3) is 0.250. The van der Waals surface area contributed by atoms with E-state index < -0.39 is 0 Å². The van der Waals surface area contributed by atoms with Gasteiger partial charge < -0.3 is 4.74 Å². The summed E-state index contributed by atoms with van der Waals surface area (Å²) in [5.41, 5.74) is 2.82. The molecule has 1 aliphatic heterocycles. The van der Waals surface area contributed by atoms with E-state index in [9.17, 15) is 0 Å². The van der Waals surface area contributed by atoms with Crippen LogP contribution in [0.15, 0.2) is 51.8 Å². The van der Waals surface area contributed by atoms with Crippen molar-refractivity contribution in [2.45, 2.75) is 23.5 Å². The van der Waals surface area contributed by atoms with Gasteiger partial charge in [0.25, 0.3) is 0 Å². The van der Waals surface area contributed by atoms with Crippen molar-refractivity contribution in [3.8, 4) is 5.75 Å². The summed E-state index contributed by atoms with van der Waals surface area (Å²) in [6.07, 6.45) is 1.10. The van der Waals surface area contributed by atoms with Crippen LogP contribution in [-0.4, -0.2) is 6.61 Å². The van der Waals surface area contributed by atoms with Gasteiger partial charge in [0.05, 0.1) is 6.61 Å². The normalized spacial score (nSPS) is 17.3. The summed E-state index contributed by atoms with van der Waals surface area (Å²) >= 11 is 5.50. The molecule has 3 heteroatoms. The predicted molar refractivity (Wildman–Crippen MR) is 84.1 cm³/mol. The Balaban J connectivity index is 1.78. The summed E-state index contributed by atoms with van der Waals surface area (Å²) in [5, 5.41) is 0.528. The Morgan fingerprint density at radius 3 is 2.74 bits per heavy atom. The zero-order valence-electron chi connectivity index (χ0n) is 10.7. The molecule has 2 aromatic carbocycles. The van der Waals surface area contributed by atoms with Gasteiger partial charge in [-0.05, 0) is 54.8 Å². The van der Waals surface area contributed by atoms with E-state index in [1.165, 1.54) is 20.5 Å². The maximum atomic E-state index is 5.49. The molecule has 0 fully saturated rings. The number of rotatable bonds is 3. The second-order valence-corrected chi connectivity index (χ2v) is 6.72. The molecule has 0 saturated heterocycles. The van der Waals surface area contributed by atoms with Gasteiger partial charge in [-0.25, -0.2) is 0 Å². The van der Waals surface area contributed by atoms with Crippen molar-refractivity contribution in [3.63, 3.8) is 0 Å². The molecule has 19 heavy (non-hydrogen) atoms. The molecule has 0 bridgehead atoms. The number of hydrogen-bond donors (Lipinski definition) is 0. The monoisotopic (exact) mass is 334 g/mol. The van der Waals surface area contributed by atoms with Gasteiger partial charge in [0.15, 0.2) is 0 Å². The predicted octanol–water partition coefficient (Wildman–Crippen LogP) is 5.24. The second-order valence-electron chi connectivity index (χ2n) is 4.56. The van der Waals surface area contributed by atoms with E-state index in [1.54, 1.807) is 0 Å². The smallest absolute Gasteiger partial charge is 0.119 e. The molecule has 3 rings (SSSR count). The van der Waals surface area contributed by atoms with Gasteiger partial charge in [-0.1, -0.05) is 28.1 Å². The maximum Gasteiger partial charge on any atom is 0.119 e. The van der Waals surface area contributed by atoms with Crippen molar-refractivity contribution in [1.82, 2.24) is 0 Å². The first-order valence-corrected chi connectivity index (χ1v) is 8.11. The topological polar surface area (TPSA) is 9.23 Å². The largest absolute Gasteiger partial charge is 0.494 e. The van der Waals surface area contributed by atoms with Gasteiger partial charge in [-0.15, -0.1) is 11.8 Å². The van der Waals surface area contributed by atoms with Crippen LogP contribution in [0.5, 0.6) is 5.75 Å². The van der Waals surface area contributed by atoms with Gasteiger partial charge in [0.2, 0.25) is 0 Å². The molecule has 2 aromatic rings. The lowest BCUT2D eigenvalue weighted by atomic mass is 10.0. The SMILES string of the molecule is CCOc1ccc(C2Cc3cc(Br)ccc3S2)cc1. The first kappa shape index (κ1) is 13.1. The molecule has 0 saturated carbocycles. The third kappa shape index (κ3) is 2.82. The highest BCUT2D eigenvalue weighted by Crippen LogP contribution is 2.47. The summed E-state index contributed by atoms with van der Waals surface area (Å²) in [6.45, 7) is 2.73. The summed E-state index contributed by atoms with van der Waals surface area (Å²) in [7, 11) is 0. The van der Waals surface area contributed by atoms with Crippen molar-refractivity contribution >= 4 is 27.7 Å². The average molecular weight is 335 g/mol. The highest BCUT2D eigenvalue weighted by atomic mass is 79.9. The number of thioether (sulfide) groups is 1. The third-order valence-electron chi connectivity index (χ3n) is 3.26. The molecule has 0 aliphatic carbocycles. The molecule has 0 aromatic heterocycles. The van der Waals surface area contributed by atoms with Gasteiger partial charge in [-0.3, -0.25) is 0 Å². The second kappa shape index (κ2) is 5.59. The molecule has 1 heterocycles. The fourth-order valence-corrected chi connectivity index (χ4v) is 4.06. The average Bonchev–Trinajstić information content (AvgIpc) is 2.83. The van der Waals surface area contributed by atoms with E-state index in [-0.39, 0.29) is 0 Å². The molecule has 0 amide bonds. The quantitative estimate of drug-likeness (QED) is 0.759.